The zero-order valence-corrected chi connectivity index (χ0v) is 17.6. The first-order valence-electron chi connectivity index (χ1n) is 9.74. The highest BCUT2D eigenvalue weighted by atomic mass is 32.2. The van der Waals surface area contributed by atoms with Crippen LogP contribution in [0.1, 0.15) is 17.3 Å². The van der Waals surface area contributed by atoms with Crippen LogP contribution in [-0.4, -0.2) is 25.9 Å². The van der Waals surface area contributed by atoms with Gasteiger partial charge in [0.2, 0.25) is 0 Å². The van der Waals surface area contributed by atoms with E-state index in [0.29, 0.717) is 17.0 Å². The Morgan fingerprint density at radius 1 is 0.903 bits per heavy atom. The maximum Gasteiger partial charge on any atom is 0.343 e. The second-order valence-electron chi connectivity index (χ2n) is 6.75. The average molecular weight is 433 g/mol. The largest absolute Gasteiger partial charge is 0.421 e. The van der Waals surface area contributed by atoms with Crippen molar-refractivity contribution in [3.63, 3.8) is 0 Å². The molecule has 31 heavy (non-hydrogen) atoms. The normalized spacial score (nSPS) is 11.3. The number of hydrogen-bond donors (Lipinski definition) is 0. The van der Waals surface area contributed by atoms with Crippen molar-refractivity contribution >= 4 is 32.6 Å². The van der Waals surface area contributed by atoms with Gasteiger partial charge in [-0.3, -0.25) is 9.29 Å². The van der Waals surface area contributed by atoms with Crippen LogP contribution in [-0.2, 0) is 10.0 Å². The molecule has 0 aliphatic carbocycles. The van der Waals surface area contributed by atoms with Gasteiger partial charge in [-0.15, -0.1) is 0 Å². The standard InChI is InChI=1S/C24H20N2O4S/c1-2-26(20-10-4-3-5-11-20)31(28,29)21-15-13-19(14-16-21)24(27)30-22-12-6-8-18-9-7-17-25-23(18)22/h3-17H,2H2,1H3. The lowest BCUT2D eigenvalue weighted by Crippen LogP contribution is -2.30. The smallest absolute Gasteiger partial charge is 0.343 e. The fourth-order valence-corrected chi connectivity index (χ4v) is 4.77. The minimum Gasteiger partial charge on any atom is -0.421 e. The Kier molecular flexibility index (Phi) is 5.68. The maximum atomic E-state index is 13.1. The Morgan fingerprint density at radius 3 is 2.32 bits per heavy atom. The maximum absolute atomic E-state index is 13.1. The van der Waals surface area contributed by atoms with Crippen LogP contribution in [0.25, 0.3) is 10.9 Å². The summed E-state index contributed by atoms with van der Waals surface area (Å²) in [7, 11) is -3.76. The molecule has 3 aromatic carbocycles. The van der Waals surface area contributed by atoms with Gasteiger partial charge in [0, 0.05) is 18.1 Å². The van der Waals surface area contributed by atoms with Gasteiger partial charge in [-0.25, -0.2) is 13.2 Å². The van der Waals surface area contributed by atoms with Gasteiger partial charge in [-0.1, -0.05) is 36.4 Å². The predicted molar refractivity (Wildman–Crippen MR) is 120 cm³/mol. The van der Waals surface area contributed by atoms with Crippen molar-refractivity contribution in [3.05, 3.63) is 96.7 Å². The summed E-state index contributed by atoms with van der Waals surface area (Å²) in [6.45, 7) is 2.05. The number of pyridine rings is 1. The molecule has 1 aromatic heterocycles. The van der Waals surface area contributed by atoms with Crippen LogP contribution in [0.2, 0.25) is 0 Å². The number of fused-ring (bicyclic) bond motifs is 1. The molecule has 0 aliphatic rings. The Balaban J connectivity index is 1.58. The number of esters is 1. The number of rotatable bonds is 6. The minimum atomic E-state index is -3.76. The first kappa shape index (κ1) is 20.6. The molecule has 0 radical (unpaired) electrons. The number of carbonyl (C=O) groups excluding carboxylic acids is 1. The lowest BCUT2D eigenvalue weighted by Gasteiger charge is -2.22. The molecule has 0 saturated heterocycles. The van der Waals surface area contributed by atoms with E-state index in [9.17, 15) is 13.2 Å². The molecule has 0 atom stereocenters. The van der Waals surface area contributed by atoms with Gasteiger partial charge in [-0.05, 0) is 55.5 Å². The number of anilines is 1. The highest BCUT2D eigenvalue weighted by Crippen LogP contribution is 2.26. The quantitative estimate of drug-likeness (QED) is 0.327. The topological polar surface area (TPSA) is 76.6 Å². The van der Waals surface area contributed by atoms with E-state index in [1.165, 1.54) is 28.6 Å². The van der Waals surface area contributed by atoms with Crippen molar-refractivity contribution in [1.82, 2.24) is 4.98 Å². The van der Waals surface area contributed by atoms with Crippen LogP contribution < -0.4 is 9.04 Å². The summed E-state index contributed by atoms with van der Waals surface area (Å²) in [5.41, 5.74) is 1.41. The molecule has 0 fully saturated rings. The number of hydrogen-bond acceptors (Lipinski definition) is 5. The van der Waals surface area contributed by atoms with Crippen LogP contribution in [0.4, 0.5) is 5.69 Å². The van der Waals surface area contributed by atoms with E-state index in [1.807, 2.05) is 24.3 Å². The number of sulfonamides is 1. The van der Waals surface area contributed by atoms with E-state index in [1.54, 1.807) is 49.5 Å². The molecule has 0 bridgehead atoms. The lowest BCUT2D eigenvalue weighted by atomic mass is 10.2. The van der Waals surface area contributed by atoms with E-state index in [4.69, 9.17) is 4.74 Å². The predicted octanol–water partition coefficient (Wildman–Crippen LogP) is 4.67. The third kappa shape index (κ3) is 4.13. The molecule has 4 aromatic rings. The van der Waals surface area contributed by atoms with Crippen LogP contribution in [0.15, 0.2) is 96.0 Å². The molecular formula is C24H20N2O4S. The van der Waals surface area contributed by atoms with Crippen molar-refractivity contribution in [2.45, 2.75) is 11.8 Å². The lowest BCUT2D eigenvalue weighted by molar-refractivity contribution is 0.0736. The second-order valence-corrected chi connectivity index (χ2v) is 8.61. The number of para-hydroxylation sites is 2. The molecule has 7 heteroatoms. The first-order valence-corrected chi connectivity index (χ1v) is 11.2. The summed E-state index contributed by atoms with van der Waals surface area (Å²) in [5, 5.41) is 0.856. The van der Waals surface area contributed by atoms with Gasteiger partial charge in [0.25, 0.3) is 10.0 Å². The Morgan fingerprint density at radius 2 is 1.61 bits per heavy atom. The van der Waals surface area contributed by atoms with Gasteiger partial charge >= 0.3 is 5.97 Å². The van der Waals surface area contributed by atoms with Crippen molar-refractivity contribution in [2.24, 2.45) is 0 Å². The molecule has 0 amide bonds. The number of benzene rings is 3. The van der Waals surface area contributed by atoms with Crippen molar-refractivity contribution in [3.8, 4) is 5.75 Å². The van der Waals surface area contributed by atoms with Gasteiger partial charge in [0.15, 0.2) is 5.75 Å². The number of aromatic nitrogens is 1. The SMILES string of the molecule is CCN(c1ccccc1)S(=O)(=O)c1ccc(C(=O)Oc2cccc3cccnc23)cc1. The van der Waals surface area contributed by atoms with Gasteiger partial charge in [-0.2, -0.15) is 0 Å². The summed E-state index contributed by atoms with van der Waals surface area (Å²) in [6, 6.07) is 23.6. The third-order valence-electron chi connectivity index (χ3n) is 4.81. The monoisotopic (exact) mass is 432 g/mol. The summed E-state index contributed by atoms with van der Waals surface area (Å²) >= 11 is 0. The van der Waals surface area contributed by atoms with E-state index in [0.717, 1.165) is 5.39 Å². The number of nitrogens with zero attached hydrogens (tertiary/aromatic N) is 2. The van der Waals surface area contributed by atoms with Crippen LogP contribution >= 0.6 is 0 Å². The third-order valence-corrected chi connectivity index (χ3v) is 6.72. The van der Waals surface area contributed by atoms with Crippen LogP contribution in [0, 0.1) is 0 Å². The molecule has 1 heterocycles. The molecule has 0 aliphatic heterocycles. The highest BCUT2D eigenvalue weighted by molar-refractivity contribution is 7.92. The Bertz CT molecular complexity index is 1320. The number of ether oxygens (including phenoxy) is 1. The average Bonchev–Trinajstić information content (AvgIpc) is 2.80. The molecule has 6 nitrogen and oxygen atoms in total. The fraction of sp³-hybridized carbons (Fsp3) is 0.0833. The number of carbonyl (C=O) groups is 1. The molecule has 156 valence electrons. The zero-order valence-electron chi connectivity index (χ0n) is 16.8. The zero-order chi connectivity index (χ0) is 21.8. The van der Waals surface area contributed by atoms with E-state index < -0.39 is 16.0 Å². The van der Waals surface area contributed by atoms with E-state index in [-0.39, 0.29) is 17.0 Å². The van der Waals surface area contributed by atoms with E-state index >= 15 is 0 Å². The highest BCUT2D eigenvalue weighted by Gasteiger charge is 2.24. The first-order chi connectivity index (χ1) is 15.0. The Hall–Kier alpha value is -3.71. The minimum absolute atomic E-state index is 0.0987. The molecule has 4 rings (SSSR count). The van der Waals surface area contributed by atoms with Gasteiger partial charge in [0.1, 0.15) is 5.52 Å². The Labute approximate surface area is 180 Å². The second kappa shape index (κ2) is 8.57. The van der Waals surface area contributed by atoms with Crippen LogP contribution in [0.5, 0.6) is 5.75 Å². The molecule has 0 N–H and O–H groups in total. The van der Waals surface area contributed by atoms with Crippen molar-refractivity contribution in [1.29, 1.82) is 0 Å². The van der Waals surface area contributed by atoms with Crippen molar-refractivity contribution < 1.29 is 17.9 Å². The summed E-state index contributed by atoms with van der Waals surface area (Å²) in [4.78, 5) is 17.0. The fourth-order valence-electron chi connectivity index (χ4n) is 3.29. The van der Waals surface area contributed by atoms with Gasteiger partial charge < -0.3 is 4.74 Å². The molecular weight excluding hydrogens is 412 g/mol. The van der Waals surface area contributed by atoms with Crippen LogP contribution in [0.3, 0.4) is 0 Å². The summed E-state index contributed by atoms with van der Waals surface area (Å²) < 4.78 is 33.0. The molecule has 0 unspecified atom stereocenters. The molecule has 0 spiro atoms. The van der Waals surface area contributed by atoms with E-state index in [2.05, 4.69) is 4.98 Å². The molecule has 0 saturated carbocycles. The summed E-state index contributed by atoms with van der Waals surface area (Å²) in [5.74, 6) is -0.237. The van der Waals surface area contributed by atoms with Gasteiger partial charge in [0.05, 0.1) is 16.1 Å². The summed E-state index contributed by atoms with van der Waals surface area (Å²) in [6.07, 6.45) is 1.63. The van der Waals surface area contributed by atoms with Crippen molar-refractivity contribution in [2.75, 3.05) is 10.8 Å².